The fourth-order valence-corrected chi connectivity index (χ4v) is 9.38. The number of carbonyl (C=O) groups excluding carboxylic acids is 4. The molecule has 11 heteroatoms. The summed E-state index contributed by atoms with van der Waals surface area (Å²) in [6, 6.07) is 22.5. The number of hydrogen-bond donors (Lipinski definition) is 1. The van der Waals surface area contributed by atoms with E-state index in [1.54, 1.807) is 36.4 Å². The summed E-state index contributed by atoms with van der Waals surface area (Å²) in [4.78, 5) is 54.9. The molecule has 3 fully saturated rings. The predicted molar refractivity (Wildman–Crippen MR) is 184 cm³/mol. The molecule has 0 spiro atoms. The Bertz CT molecular complexity index is 2090. The number of anilines is 2. The topological polar surface area (TPSA) is 95.0 Å². The van der Waals surface area contributed by atoms with E-state index in [-0.39, 0.29) is 35.7 Å². The van der Waals surface area contributed by atoms with Crippen LogP contribution in [-0.2, 0) is 19.2 Å². The Labute approximate surface area is 292 Å². The molecule has 0 unspecified atom stereocenters. The average molecular weight is 781 g/mol. The highest BCUT2D eigenvalue weighted by molar-refractivity contribution is 14.1. The van der Waals surface area contributed by atoms with Crippen molar-refractivity contribution in [1.82, 2.24) is 0 Å². The van der Waals surface area contributed by atoms with Crippen LogP contribution in [0.5, 0.6) is 5.75 Å². The van der Waals surface area contributed by atoms with Gasteiger partial charge in [-0.1, -0.05) is 48.0 Å². The van der Waals surface area contributed by atoms with Crippen molar-refractivity contribution in [3.63, 3.8) is 0 Å². The van der Waals surface area contributed by atoms with E-state index in [9.17, 15) is 28.7 Å². The molecule has 8 rings (SSSR count). The Morgan fingerprint density at radius 2 is 1.45 bits per heavy atom. The van der Waals surface area contributed by atoms with Crippen LogP contribution >= 0.6 is 45.8 Å². The van der Waals surface area contributed by atoms with Crippen LogP contribution in [-0.4, -0.2) is 38.5 Å². The number of phenols is 1. The second-order valence-corrected chi connectivity index (χ2v) is 15.0. The Kier molecular flexibility index (Phi) is 6.89. The summed E-state index contributed by atoms with van der Waals surface area (Å²) in [5.41, 5.74) is 1.37. The zero-order chi connectivity index (χ0) is 33.0. The van der Waals surface area contributed by atoms with Gasteiger partial charge in [0.1, 0.15) is 11.6 Å². The van der Waals surface area contributed by atoms with E-state index in [0.29, 0.717) is 16.6 Å². The third-order valence-electron chi connectivity index (χ3n) is 10.2. The summed E-state index contributed by atoms with van der Waals surface area (Å²) in [5, 5.41) is 13.0. The molecule has 236 valence electrons. The van der Waals surface area contributed by atoms with Crippen molar-refractivity contribution in [1.29, 1.82) is 0 Å². The zero-order valence-corrected chi connectivity index (χ0v) is 28.0. The maximum atomic E-state index is 14.6. The normalized spacial score (nSPS) is 30.0. The minimum atomic E-state index is -2.14. The molecular weight excluding hydrogens is 757 g/mol. The molecule has 0 radical (unpaired) electrons. The molecule has 2 saturated heterocycles. The predicted octanol–water partition coefficient (Wildman–Crippen LogP) is 7.06. The van der Waals surface area contributed by atoms with E-state index in [4.69, 9.17) is 23.2 Å². The molecule has 0 bridgehead atoms. The summed E-state index contributed by atoms with van der Waals surface area (Å²) >= 11 is 17.0. The number of fused-ring (bicyclic) bond motifs is 5. The van der Waals surface area contributed by atoms with E-state index in [2.05, 4.69) is 22.6 Å². The zero-order valence-electron chi connectivity index (χ0n) is 24.4. The number of amides is 4. The van der Waals surface area contributed by atoms with Gasteiger partial charge in [0.25, 0.3) is 11.8 Å². The van der Waals surface area contributed by atoms with Crippen molar-refractivity contribution < 1.29 is 28.7 Å². The number of rotatable bonds is 3. The molecule has 6 atom stereocenters. The molecule has 1 N–H and O–H groups in total. The van der Waals surface area contributed by atoms with Crippen molar-refractivity contribution in [3.8, 4) is 5.75 Å². The maximum absolute atomic E-state index is 14.6. The Morgan fingerprint density at radius 1 is 0.787 bits per heavy atom. The Balaban J connectivity index is 1.33. The van der Waals surface area contributed by atoms with E-state index < -0.39 is 57.0 Å². The van der Waals surface area contributed by atoms with Crippen LogP contribution in [0.1, 0.15) is 24.3 Å². The first-order valence-electron chi connectivity index (χ1n) is 15.0. The van der Waals surface area contributed by atoms with Crippen LogP contribution in [0.3, 0.4) is 0 Å². The average Bonchev–Trinajstić information content (AvgIpc) is 3.40. The van der Waals surface area contributed by atoms with Crippen LogP contribution in [0.2, 0.25) is 0 Å². The van der Waals surface area contributed by atoms with E-state index in [0.717, 1.165) is 26.0 Å². The molecule has 4 amide bonds. The van der Waals surface area contributed by atoms with Gasteiger partial charge in [-0.15, -0.1) is 23.2 Å². The Morgan fingerprint density at radius 3 is 2.17 bits per heavy atom. The molecule has 4 aromatic carbocycles. The fraction of sp³-hybridized carbons (Fsp3) is 0.222. The molecule has 2 aliphatic carbocycles. The van der Waals surface area contributed by atoms with Gasteiger partial charge in [-0.25, -0.2) is 9.29 Å². The number of benzene rings is 4. The summed E-state index contributed by atoms with van der Waals surface area (Å²) < 4.78 is 14.8. The van der Waals surface area contributed by atoms with Crippen LogP contribution in [0.25, 0.3) is 10.8 Å². The van der Waals surface area contributed by atoms with Gasteiger partial charge in [0.15, 0.2) is 9.75 Å². The fourth-order valence-electron chi connectivity index (χ4n) is 8.09. The third-order valence-corrected chi connectivity index (χ3v) is 12.4. The number of hydrogen-bond acceptors (Lipinski definition) is 5. The lowest BCUT2D eigenvalue weighted by atomic mass is 9.56. The summed E-state index contributed by atoms with van der Waals surface area (Å²) in [6.45, 7) is 0. The lowest BCUT2D eigenvalue weighted by Gasteiger charge is -2.50. The number of nitrogens with zero attached hydrogens (tertiary/aromatic N) is 2. The molecule has 2 aliphatic heterocycles. The van der Waals surface area contributed by atoms with E-state index in [1.165, 1.54) is 17.0 Å². The van der Waals surface area contributed by atoms with Gasteiger partial charge in [0.2, 0.25) is 11.8 Å². The molecule has 4 aliphatic rings. The van der Waals surface area contributed by atoms with Crippen LogP contribution in [0, 0.1) is 27.1 Å². The summed E-state index contributed by atoms with van der Waals surface area (Å²) in [6.07, 6.45) is 1.81. The first kappa shape index (κ1) is 30.5. The second kappa shape index (κ2) is 10.6. The van der Waals surface area contributed by atoms with E-state index >= 15 is 0 Å². The summed E-state index contributed by atoms with van der Waals surface area (Å²) in [7, 11) is 0. The number of imide groups is 2. The first-order chi connectivity index (χ1) is 22.5. The monoisotopic (exact) mass is 780 g/mol. The number of phenolic OH excluding ortho intramolecular Hbond substituents is 1. The molecule has 7 nitrogen and oxygen atoms in total. The van der Waals surface area contributed by atoms with Crippen molar-refractivity contribution in [3.05, 3.63) is 112 Å². The van der Waals surface area contributed by atoms with Crippen molar-refractivity contribution in [2.75, 3.05) is 9.80 Å². The van der Waals surface area contributed by atoms with Crippen LogP contribution in [0.4, 0.5) is 15.8 Å². The highest BCUT2D eigenvalue weighted by Crippen LogP contribution is 2.66. The van der Waals surface area contributed by atoms with Crippen LogP contribution in [0.15, 0.2) is 96.6 Å². The largest absolute Gasteiger partial charge is 0.507 e. The lowest BCUT2D eigenvalue weighted by Crippen LogP contribution is -2.60. The van der Waals surface area contributed by atoms with Crippen LogP contribution < -0.4 is 9.80 Å². The van der Waals surface area contributed by atoms with Gasteiger partial charge in [-0.3, -0.25) is 24.1 Å². The number of alkyl halides is 2. The van der Waals surface area contributed by atoms with Crippen molar-refractivity contribution in [2.24, 2.45) is 17.8 Å². The number of carbonyl (C=O) groups is 4. The first-order valence-corrected chi connectivity index (χ1v) is 16.9. The van der Waals surface area contributed by atoms with Gasteiger partial charge >= 0.3 is 0 Å². The smallest absolute Gasteiger partial charge is 0.258 e. The Hall–Kier alpha value is -3.80. The third kappa shape index (κ3) is 4.09. The molecule has 1 saturated carbocycles. The number of allylic oxidation sites excluding steroid dienone is 2. The minimum absolute atomic E-state index is 0.0872. The van der Waals surface area contributed by atoms with Crippen molar-refractivity contribution >= 4 is 91.6 Å². The molecule has 0 aromatic heterocycles. The minimum Gasteiger partial charge on any atom is -0.507 e. The van der Waals surface area contributed by atoms with Gasteiger partial charge in [0, 0.05) is 20.4 Å². The lowest BCUT2D eigenvalue weighted by molar-refractivity contribution is -0.125. The van der Waals surface area contributed by atoms with Gasteiger partial charge in [0.05, 0.1) is 23.2 Å². The van der Waals surface area contributed by atoms with Gasteiger partial charge in [-0.05, 0) is 95.3 Å². The molecule has 2 heterocycles. The molecular formula is C36H24Cl2FIN2O5. The van der Waals surface area contributed by atoms with Gasteiger partial charge < -0.3 is 5.11 Å². The second-order valence-electron chi connectivity index (χ2n) is 12.5. The quantitative estimate of drug-likeness (QED) is 0.104. The highest BCUT2D eigenvalue weighted by atomic mass is 127. The highest BCUT2D eigenvalue weighted by Gasteiger charge is 2.77. The van der Waals surface area contributed by atoms with Gasteiger partial charge in [-0.2, -0.15) is 0 Å². The van der Waals surface area contributed by atoms with Crippen molar-refractivity contribution in [2.45, 2.75) is 28.5 Å². The summed E-state index contributed by atoms with van der Waals surface area (Å²) in [5.74, 6) is -6.62. The SMILES string of the molecule is O=C1[C@H]2[C@H](CC=C3[C@H]2C[C@@]2(Cl)C(=O)N(c4ccc(F)cc4)C(=O)[C@@]2(Cl)[C@H]3c2ccc3ccccc3c2O)C(=O)N1c1ccc(I)cc1. The molecule has 47 heavy (non-hydrogen) atoms. The maximum Gasteiger partial charge on any atom is 0.258 e. The molecule has 4 aromatic rings. The number of aromatic hydroxyl groups is 1. The number of halogens is 4. The standard InChI is InChI=1S/C36H24Cl2FIN2O5/c37-35-17-27-24(15-16-25-28(27)32(45)41(31(25)44)21-12-8-20(40)9-13-21)29(26-14-5-18-3-1-2-4-23(18)30(26)43)36(35,38)34(47)42(33(35)46)22-10-6-19(39)7-11-22/h1-15,25,27-29,43H,16-17H2/t25-,27+,28-,29+,35+,36-/m0/s1. The van der Waals surface area contributed by atoms with E-state index in [1.807, 2.05) is 30.3 Å².